The summed E-state index contributed by atoms with van der Waals surface area (Å²) in [6, 6.07) is 11.2. The van der Waals surface area contributed by atoms with Crippen molar-refractivity contribution in [2.24, 2.45) is 0 Å². The first-order chi connectivity index (χ1) is 12.7. The summed E-state index contributed by atoms with van der Waals surface area (Å²) >= 11 is 0. The van der Waals surface area contributed by atoms with Crippen LogP contribution in [0.5, 0.6) is 11.5 Å². The number of methoxy groups -OCH3 is 2. The molecule has 0 saturated heterocycles. The molecule has 2 heterocycles. The zero-order chi connectivity index (χ0) is 18.1. The molecule has 0 saturated carbocycles. The second kappa shape index (κ2) is 6.47. The Hall–Kier alpha value is -3.42. The molecule has 8 heteroatoms. The standard InChI is InChI=1S/C18H17N5O3/c1-4-23-16-9-11(5-6-15(16)20-22-23)17-19-18(26-21-17)12-7-13(24-2)10-14(8-12)25-3/h5-10H,4H2,1-3H3. The van der Waals surface area contributed by atoms with Crippen molar-refractivity contribution in [3.8, 4) is 34.3 Å². The summed E-state index contributed by atoms with van der Waals surface area (Å²) in [7, 11) is 3.19. The largest absolute Gasteiger partial charge is 0.497 e. The highest BCUT2D eigenvalue weighted by Crippen LogP contribution is 2.30. The van der Waals surface area contributed by atoms with E-state index >= 15 is 0 Å². The lowest BCUT2D eigenvalue weighted by Crippen LogP contribution is -1.96. The van der Waals surface area contributed by atoms with Crippen LogP contribution in [0.2, 0.25) is 0 Å². The molecule has 0 spiro atoms. The molecule has 132 valence electrons. The van der Waals surface area contributed by atoms with Crippen LogP contribution in [0.15, 0.2) is 40.9 Å². The predicted molar refractivity (Wildman–Crippen MR) is 95.0 cm³/mol. The van der Waals surface area contributed by atoms with Gasteiger partial charge in [-0.15, -0.1) is 5.10 Å². The summed E-state index contributed by atoms with van der Waals surface area (Å²) in [6.45, 7) is 2.75. The fourth-order valence-electron chi connectivity index (χ4n) is 2.73. The monoisotopic (exact) mass is 351 g/mol. The van der Waals surface area contributed by atoms with Gasteiger partial charge in [-0.05, 0) is 37.3 Å². The summed E-state index contributed by atoms with van der Waals surface area (Å²) in [5, 5.41) is 12.4. The van der Waals surface area contributed by atoms with Gasteiger partial charge in [0.1, 0.15) is 17.0 Å². The van der Waals surface area contributed by atoms with Crippen molar-refractivity contribution < 1.29 is 14.0 Å². The quantitative estimate of drug-likeness (QED) is 0.545. The molecule has 0 aliphatic carbocycles. The lowest BCUT2D eigenvalue weighted by molar-refractivity contribution is 0.393. The van der Waals surface area contributed by atoms with Crippen molar-refractivity contribution >= 4 is 11.0 Å². The molecular weight excluding hydrogens is 334 g/mol. The second-order valence-electron chi connectivity index (χ2n) is 5.63. The average Bonchev–Trinajstić information content (AvgIpc) is 3.34. The Morgan fingerprint density at radius 3 is 2.46 bits per heavy atom. The SMILES string of the molecule is CCn1nnc2ccc(-c3noc(-c4cc(OC)cc(OC)c4)n3)cc21. The van der Waals surface area contributed by atoms with E-state index in [4.69, 9.17) is 14.0 Å². The van der Waals surface area contributed by atoms with E-state index in [0.29, 0.717) is 23.2 Å². The summed E-state index contributed by atoms with van der Waals surface area (Å²) in [6.07, 6.45) is 0. The van der Waals surface area contributed by atoms with E-state index in [1.165, 1.54) is 0 Å². The second-order valence-corrected chi connectivity index (χ2v) is 5.63. The van der Waals surface area contributed by atoms with Crippen molar-refractivity contribution in [1.29, 1.82) is 0 Å². The zero-order valence-electron chi connectivity index (χ0n) is 14.6. The third-order valence-electron chi connectivity index (χ3n) is 4.10. The summed E-state index contributed by atoms with van der Waals surface area (Å²) < 4.78 is 17.8. The van der Waals surface area contributed by atoms with E-state index < -0.39 is 0 Å². The van der Waals surface area contributed by atoms with Crippen LogP contribution in [-0.2, 0) is 6.54 Å². The van der Waals surface area contributed by atoms with Crippen molar-refractivity contribution in [3.05, 3.63) is 36.4 Å². The lowest BCUT2D eigenvalue weighted by atomic mass is 10.1. The highest BCUT2D eigenvalue weighted by Gasteiger charge is 2.14. The molecule has 0 fully saturated rings. The molecule has 2 aromatic carbocycles. The number of aromatic nitrogens is 5. The summed E-state index contributed by atoms with van der Waals surface area (Å²) in [5.74, 6) is 2.18. The molecule has 4 aromatic rings. The summed E-state index contributed by atoms with van der Waals surface area (Å²) in [5.41, 5.74) is 3.32. The van der Waals surface area contributed by atoms with Crippen molar-refractivity contribution in [2.45, 2.75) is 13.5 Å². The summed E-state index contributed by atoms with van der Waals surface area (Å²) in [4.78, 5) is 4.51. The number of nitrogens with zero attached hydrogens (tertiary/aromatic N) is 5. The van der Waals surface area contributed by atoms with E-state index in [2.05, 4.69) is 20.5 Å². The van der Waals surface area contributed by atoms with E-state index in [0.717, 1.165) is 28.7 Å². The average molecular weight is 351 g/mol. The van der Waals surface area contributed by atoms with Crippen LogP contribution < -0.4 is 9.47 Å². The fraction of sp³-hybridized carbons (Fsp3) is 0.222. The minimum atomic E-state index is 0.388. The molecule has 0 aliphatic heterocycles. The highest BCUT2D eigenvalue weighted by atomic mass is 16.5. The molecule has 0 unspecified atom stereocenters. The van der Waals surface area contributed by atoms with Gasteiger partial charge in [0.15, 0.2) is 0 Å². The van der Waals surface area contributed by atoms with Crippen LogP contribution in [-0.4, -0.2) is 39.4 Å². The van der Waals surface area contributed by atoms with Crippen molar-refractivity contribution in [1.82, 2.24) is 25.1 Å². The maximum Gasteiger partial charge on any atom is 0.258 e. The van der Waals surface area contributed by atoms with Crippen LogP contribution >= 0.6 is 0 Å². The number of hydrogen-bond donors (Lipinski definition) is 0. The molecule has 0 bridgehead atoms. The minimum absolute atomic E-state index is 0.388. The number of rotatable bonds is 5. The Morgan fingerprint density at radius 2 is 1.77 bits per heavy atom. The van der Waals surface area contributed by atoms with Gasteiger partial charge in [-0.1, -0.05) is 10.4 Å². The van der Waals surface area contributed by atoms with Crippen molar-refractivity contribution in [3.63, 3.8) is 0 Å². The molecule has 26 heavy (non-hydrogen) atoms. The fourth-order valence-corrected chi connectivity index (χ4v) is 2.73. The molecule has 0 radical (unpaired) electrons. The molecular formula is C18H17N5O3. The zero-order valence-corrected chi connectivity index (χ0v) is 14.6. The first kappa shape index (κ1) is 16.1. The number of fused-ring (bicyclic) bond motifs is 1. The van der Waals surface area contributed by atoms with Crippen LogP contribution in [0.25, 0.3) is 33.9 Å². The van der Waals surface area contributed by atoms with Gasteiger partial charge in [0.25, 0.3) is 5.89 Å². The molecule has 8 nitrogen and oxygen atoms in total. The molecule has 4 rings (SSSR count). The Balaban J connectivity index is 1.74. The van der Waals surface area contributed by atoms with Gasteiger partial charge in [0.2, 0.25) is 5.82 Å². The number of aryl methyl sites for hydroxylation is 1. The van der Waals surface area contributed by atoms with E-state index in [1.807, 2.05) is 41.9 Å². The molecule has 0 amide bonds. The normalized spacial score (nSPS) is 11.0. The predicted octanol–water partition coefficient (Wildman–Crippen LogP) is 3.19. The molecule has 2 aromatic heterocycles. The van der Waals surface area contributed by atoms with E-state index in [1.54, 1.807) is 20.3 Å². The smallest absolute Gasteiger partial charge is 0.258 e. The maximum atomic E-state index is 5.44. The Bertz CT molecular complexity index is 1050. The van der Waals surface area contributed by atoms with Crippen LogP contribution in [0, 0.1) is 0 Å². The third kappa shape index (κ3) is 2.75. The number of ether oxygens (including phenoxy) is 2. The molecule has 0 N–H and O–H groups in total. The van der Waals surface area contributed by atoms with Crippen LogP contribution in [0.3, 0.4) is 0 Å². The third-order valence-corrected chi connectivity index (χ3v) is 4.10. The van der Waals surface area contributed by atoms with Gasteiger partial charge in [-0.2, -0.15) is 4.98 Å². The topological polar surface area (TPSA) is 88.1 Å². The van der Waals surface area contributed by atoms with Gasteiger partial charge < -0.3 is 14.0 Å². The van der Waals surface area contributed by atoms with Gasteiger partial charge in [0.05, 0.1) is 19.7 Å². The minimum Gasteiger partial charge on any atom is -0.497 e. The van der Waals surface area contributed by atoms with Gasteiger partial charge in [-0.25, -0.2) is 4.68 Å². The van der Waals surface area contributed by atoms with E-state index in [-0.39, 0.29) is 0 Å². The van der Waals surface area contributed by atoms with Gasteiger partial charge in [0, 0.05) is 23.7 Å². The van der Waals surface area contributed by atoms with Crippen LogP contribution in [0.1, 0.15) is 6.92 Å². The van der Waals surface area contributed by atoms with Crippen molar-refractivity contribution in [2.75, 3.05) is 14.2 Å². The molecule has 0 atom stereocenters. The van der Waals surface area contributed by atoms with E-state index in [9.17, 15) is 0 Å². The maximum absolute atomic E-state index is 5.44. The number of hydrogen-bond acceptors (Lipinski definition) is 7. The highest BCUT2D eigenvalue weighted by molar-refractivity contribution is 5.80. The first-order valence-corrected chi connectivity index (χ1v) is 8.12. The van der Waals surface area contributed by atoms with Crippen LogP contribution in [0.4, 0.5) is 0 Å². The number of benzene rings is 2. The Morgan fingerprint density at radius 1 is 1.00 bits per heavy atom. The molecule has 0 aliphatic rings. The first-order valence-electron chi connectivity index (χ1n) is 8.12. The Labute approximate surface area is 149 Å². The van der Waals surface area contributed by atoms with Gasteiger partial charge in [-0.3, -0.25) is 0 Å². The van der Waals surface area contributed by atoms with Gasteiger partial charge >= 0.3 is 0 Å². The lowest BCUT2D eigenvalue weighted by Gasteiger charge is -2.05. The Kier molecular flexibility index (Phi) is 4.00.